The minimum Gasteiger partial charge on any atom is -0.396 e. The summed E-state index contributed by atoms with van der Waals surface area (Å²) in [4.78, 5) is 0. The van der Waals surface area contributed by atoms with Crippen molar-refractivity contribution in [1.29, 1.82) is 0 Å². The molecule has 40 heteroatoms. The van der Waals surface area contributed by atoms with Crippen LogP contribution in [0.4, 0.5) is 87.8 Å². The summed E-state index contributed by atoms with van der Waals surface area (Å²) < 4.78 is 337. The van der Waals surface area contributed by atoms with Crippen molar-refractivity contribution in [2.24, 2.45) is 5.41 Å². The highest BCUT2D eigenvalue weighted by Gasteiger charge is 2.62. The molecule has 0 heterocycles. The van der Waals surface area contributed by atoms with Crippen LogP contribution < -0.4 is 0 Å². The van der Waals surface area contributed by atoms with Crippen LogP contribution in [0.3, 0.4) is 0 Å². The Bertz CT molecular complexity index is 1390. The van der Waals surface area contributed by atoms with E-state index in [9.17, 15) is 121 Å². The predicted octanol–water partition coefficient (Wildman–Crippen LogP) is 2.23. The molecule has 0 saturated heterocycles. The van der Waals surface area contributed by atoms with Crippen LogP contribution in [0.1, 0.15) is 0 Å². The number of hydrogen-bond donors (Lipinski definition) is 8. The molecule has 0 aliphatic carbocycles. The fourth-order valence-corrected chi connectivity index (χ4v) is 4.03. The zero-order valence-corrected chi connectivity index (χ0v) is 29.5. The van der Waals surface area contributed by atoms with E-state index in [-0.39, 0.29) is 0 Å². The van der Waals surface area contributed by atoms with Gasteiger partial charge in [-0.3, -0.25) is 18.2 Å². The second-order valence-corrected chi connectivity index (χ2v) is 15.7. The summed E-state index contributed by atoms with van der Waals surface area (Å²) in [6.45, 7) is -1.62. The number of aliphatic hydroxyl groups is 4. The Morgan fingerprint density at radius 3 is 0.404 bits per heavy atom. The van der Waals surface area contributed by atoms with Gasteiger partial charge in [0.25, 0.3) is 40.5 Å². The van der Waals surface area contributed by atoms with Crippen molar-refractivity contribution in [3.63, 3.8) is 0 Å². The molecule has 0 bridgehead atoms. The van der Waals surface area contributed by atoms with Crippen LogP contribution in [0, 0.1) is 5.41 Å². The third-order valence-electron chi connectivity index (χ3n) is 4.46. The largest absolute Gasteiger partial charge is 0.454 e. The molecule has 0 aromatic rings. The van der Waals surface area contributed by atoms with Crippen molar-refractivity contribution in [3.8, 4) is 0 Å². The lowest BCUT2D eigenvalue weighted by Gasteiger charge is -2.23. The van der Waals surface area contributed by atoms with Gasteiger partial charge in [0.05, 0.1) is 31.8 Å². The zero-order chi connectivity index (χ0) is 48.2. The SMILES string of the molecule is O=S(=O)(O)CC(F)(F)C(F)(F)F.O=S(=O)(O)CC(F)(F)C(F)(F)F.O=S(=O)(O)CC(F)(F)C(F)(F)F.O=S(=O)(O)CC(F)(F)C(F)(F)F.OCC(CO)(CO)CO. The Labute approximate surface area is 304 Å². The molecule has 0 spiro atoms. The number of aliphatic hydroxyl groups excluding tert-OH is 4. The lowest BCUT2D eigenvalue weighted by molar-refractivity contribution is -0.271. The van der Waals surface area contributed by atoms with Crippen LogP contribution in [-0.2, 0) is 40.5 Å². The smallest absolute Gasteiger partial charge is 0.396 e. The second-order valence-electron chi connectivity index (χ2n) is 9.85. The van der Waals surface area contributed by atoms with Crippen molar-refractivity contribution < 1.29 is 160 Å². The molecule has 0 amide bonds. The number of hydrogen-bond acceptors (Lipinski definition) is 12. The van der Waals surface area contributed by atoms with Crippen LogP contribution in [0.25, 0.3) is 0 Å². The van der Waals surface area contributed by atoms with E-state index in [0.717, 1.165) is 0 Å². The minimum atomic E-state index is -5.97. The third-order valence-corrected chi connectivity index (χ3v) is 7.36. The van der Waals surface area contributed by atoms with Crippen LogP contribution in [0.5, 0.6) is 0 Å². The molecule has 57 heavy (non-hydrogen) atoms. The molecule has 352 valence electrons. The van der Waals surface area contributed by atoms with Crippen molar-refractivity contribution in [1.82, 2.24) is 0 Å². The standard InChI is InChI=1S/C5H12O4.4C3H3F5O3S/c6-1-5(2-7,3-8)4-9;4*4-2(5,3(6,7)8)1-12(9,10)11/h6-9H,1-4H2;4*1H2,(H,9,10,11). The van der Waals surface area contributed by atoms with E-state index in [1.54, 1.807) is 0 Å². The van der Waals surface area contributed by atoms with Crippen LogP contribution in [0.2, 0.25) is 0 Å². The summed E-state index contributed by atoms with van der Waals surface area (Å²) in [5.74, 6) is -32.3. The first-order valence-electron chi connectivity index (χ1n) is 12.1. The van der Waals surface area contributed by atoms with E-state index < -0.39 is 144 Å². The molecule has 8 N–H and O–H groups in total. The van der Waals surface area contributed by atoms with Gasteiger partial charge in [-0.1, -0.05) is 0 Å². The van der Waals surface area contributed by atoms with Gasteiger partial charge in [0.2, 0.25) is 0 Å². The van der Waals surface area contributed by atoms with E-state index in [4.69, 9.17) is 38.6 Å². The Morgan fingerprint density at radius 2 is 0.386 bits per heavy atom. The molecule has 0 aromatic heterocycles. The first-order valence-corrected chi connectivity index (χ1v) is 18.5. The Balaban J connectivity index is -0.000000198. The quantitative estimate of drug-likeness (QED) is 0.103. The van der Waals surface area contributed by atoms with Crippen molar-refractivity contribution in [2.45, 2.75) is 48.4 Å². The summed E-state index contributed by atoms with van der Waals surface area (Å²) in [6.07, 6.45) is -23.9. The van der Waals surface area contributed by atoms with Crippen LogP contribution >= 0.6 is 0 Å². The van der Waals surface area contributed by atoms with E-state index in [1.165, 1.54) is 0 Å². The topological polar surface area (TPSA) is 298 Å². The zero-order valence-electron chi connectivity index (χ0n) is 26.2. The fraction of sp³-hybridized carbons (Fsp3) is 1.00. The normalized spacial score (nSPS) is 14.4. The van der Waals surface area contributed by atoms with Gasteiger partial charge in [-0.05, 0) is 0 Å². The van der Waals surface area contributed by atoms with E-state index in [2.05, 4.69) is 0 Å². The van der Waals surface area contributed by atoms with E-state index >= 15 is 0 Å². The lowest BCUT2D eigenvalue weighted by Crippen LogP contribution is -2.42. The predicted molar refractivity (Wildman–Crippen MR) is 140 cm³/mol. The highest BCUT2D eigenvalue weighted by Crippen LogP contribution is 2.38. The number of rotatable bonds is 12. The number of alkyl halides is 20. The maximum absolute atomic E-state index is 11.8. The van der Waals surface area contributed by atoms with Gasteiger partial charge in [0, 0.05) is 0 Å². The van der Waals surface area contributed by atoms with Crippen molar-refractivity contribution in [3.05, 3.63) is 0 Å². The molecular weight excluding hydrogens is 968 g/mol. The minimum absolute atomic E-state index is 0.406. The Hall–Kier alpha value is -1.92. The molecule has 0 fully saturated rings. The second kappa shape index (κ2) is 21.6. The molecule has 0 radical (unpaired) electrons. The van der Waals surface area contributed by atoms with Gasteiger partial charge in [-0.25, -0.2) is 0 Å². The summed E-state index contributed by atoms with van der Waals surface area (Å²) in [5, 5.41) is 34.0. The van der Waals surface area contributed by atoms with Gasteiger partial charge in [-0.15, -0.1) is 0 Å². The fourth-order valence-electron chi connectivity index (χ4n) is 1.54. The highest BCUT2D eigenvalue weighted by molar-refractivity contribution is 7.86. The lowest BCUT2D eigenvalue weighted by atomic mass is 9.93. The first kappa shape index (κ1) is 64.2. The average Bonchev–Trinajstić information content (AvgIpc) is 2.84. The first-order chi connectivity index (χ1) is 24.1. The van der Waals surface area contributed by atoms with Gasteiger partial charge in [0.15, 0.2) is 0 Å². The Kier molecular flexibility index (Phi) is 24.3. The molecule has 0 saturated carbocycles. The number of halogens is 20. The van der Waals surface area contributed by atoms with Gasteiger partial charge < -0.3 is 20.4 Å². The van der Waals surface area contributed by atoms with Gasteiger partial charge in [-0.2, -0.15) is 121 Å². The maximum Gasteiger partial charge on any atom is 0.454 e. The van der Waals surface area contributed by atoms with Crippen molar-refractivity contribution >= 4 is 40.5 Å². The molecule has 0 unspecified atom stereocenters. The monoisotopic (exact) mass is 992 g/mol. The van der Waals surface area contributed by atoms with Crippen LogP contribution in [0.15, 0.2) is 0 Å². The molecule has 16 nitrogen and oxygen atoms in total. The Morgan fingerprint density at radius 1 is 0.281 bits per heavy atom. The summed E-state index contributed by atoms with van der Waals surface area (Å²) >= 11 is 0. The van der Waals surface area contributed by atoms with Crippen molar-refractivity contribution in [2.75, 3.05) is 49.4 Å². The third kappa shape index (κ3) is 29.9. The van der Waals surface area contributed by atoms with E-state index in [1.807, 2.05) is 0 Å². The molecule has 0 aliphatic heterocycles. The molecule has 0 atom stereocenters. The average molecular weight is 993 g/mol. The summed E-state index contributed by atoms with van der Waals surface area (Å²) in [5.41, 5.74) is -1.11. The van der Waals surface area contributed by atoms with Gasteiger partial charge in [0.1, 0.15) is 23.0 Å². The summed E-state index contributed by atoms with van der Waals surface area (Å²) in [7, 11) is -21.3. The van der Waals surface area contributed by atoms with Crippen LogP contribution in [-0.4, -0.2) is 170 Å². The molecule has 0 rings (SSSR count). The summed E-state index contributed by atoms with van der Waals surface area (Å²) in [6, 6.07) is 0. The molecular formula is C17H24F20O16S4. The van der Waals surface area contributed by atoms with E-state index in [0.29, 0.717) is 0 Å². The molecule has 0 aromatic carbocycles. The highest BCUT2D eigenvalue weighted by atomic mass is 32.2. The van der Waals surface area contributed by atoms with Gasteiger partial charge >= 0.3 is 48.4 Å². The maximum atomic E-state index is 11.8. The molecule has 0 aliphatic rings.